The molecule has 0 aromatic rings. The van der Waals surface area contributed by atoms with Gasteiger partial charge in [0, 0.05) is 12.6 Å². The molecule has 18 heavy (non-hydrogen) atoms. The quantitative estimate of drug-likeness (QED) is 0.642. The lowest BCUT2D eigenvalue weighted by atomic mass is 10.2. The number of carbonyl (C=O) groups is 2. The van der Waals surface area contributed by atoms with E-state index in [2.05, 4.69) is 0 Å². The fourth-order valence-electron chi connectivity index (χ4n) is 1.53. The first-order valence-corrected chi connectivity index (χ1v) is 6.57. The zero-order valence-corrected chi connectivity index (χ0v) is 11.8. The molecular formula is C13H25NO4. The minimum atomic E-state index is -0.996. The van der Waals surface area contributed by atoms with Gasteiger partial charge in [-0.05, 0) is 26.7 Å². The number of aliphatic carboxylic acids is 1. The van der Waals surface area contributed by atoms with Gasteiger partial charge in [0.25, 0.3) is 5.91 Å². The molecule has 2 atom stereocenters. The lowest BCUT2D eigenvalue weighted by Gasteiger charge is -2.29. The summed E-state index contributed by atoms with van der Waals surface area (Å²) in [6, 6.07) is -0.0918. The third-order valence-electron chi connectivity index (χ3n) is 2.93. The molecule has 0 aromatic carbocycles. The summed E-state index contributed by atoms with van der Waals surface area (Å²) in [5.41, 5.74) is 0. The number of hydrogen-bond donors (Lipinski definition) is 1. The van der Waals surface area contributed by atoms with E-state index in [0.29, 0.717) is 6.61 Å². The number of carboxylic acid groups (broad SMARTS) is 1. The summed E-state index contributed by atoms with van der Waals surface area (Å²) in [5, 5.41) is 8.84. The van der Waals surface area contributed by atoms with Crippen LogP contribution in [0.1, 0.15) is 47.0 Å². The predicted octanol–water partition coefficient (Wildman–Crippen LogP) is 1.90. The van der Waals surface area contributed by atoms with Crippen LogP contribution in [0.2, 0.25) is 0 Å². The van der Waals surface area contributed by atoms with Crippen molar-refractivity contribution in [3.05, 3.63) is 0 Å². The first kappa shape index (κ1) is 16.9. The highest BCUT2D eigenvalue weighted by molar-refractivity contribution is 5.84. The molecule has 0 aliphatic rings. The number of hydrogen-bond acceptors (Lipinski definition) is 3. The van der Waals surface area contributed by atoms with Gasteiger partial charge in [-0.3, -0.25) is 9.59 Å². The Bertz CT molecular complexity index is 268. The zero-order chi connectivity index (χ0) is 14.1. The van der Waals surface area contributed by atoms with E-state index >= 15 is 0 Å². The van der Waals surface area contributed by atoms with Gasteiger partial charge in [-0.2, -0.15) is 0 Å². The second-order valence-electron chi connectivity index (χ2n) is 4.48. The van der Waals surface area contributed by atoms with Crippen molar-refractivity contribution in [3.8, 4) is 0 Å². The Morgan fingerprint density at radius 2 is 1.89 bits per heavy atom. The topological polar surface area (TPSA) is 66.8 Å². The van der Waals surface area contributed by atoms with Crippen molar-refractivity contribution < 1.29 is 19.4 Å². The van der Waals surface area contributed by atoms with Crippen molar-refractivity contribution in [2.45, 2.75) is 59.1 Å². The van der Waals surface area contributed by atoms with Crippen LogP contribution in [-0.4, -0.2) is 47.2 Å². The normalized spacial score (nSPS) is 14.0. The molecule has 0 bridgehead atoms. The second-order valence-corrected chi connectivity index (χ2v) is 4.48. The lowest BCUT2D eigenvalue weighted by molar-refractivity contribution is -0.152. The molecule has 0 heterocycles. The Kier molecular flexibility index (Phi) is 8.37. The van der Waals surface area contributed by atoms with Crippen LogP contribution >= 0.6 is 0 Å². The van der Waals surface area contributed by atoms with Gasteiger partial charge in [0.05, 0.1) is 0 Å². The molecule has 106 valence electrons. The average molecular weight is 259 g/mol. The second kappa shape index (κ2) is 8.91. The van der Waals surface area contributed by atoms with Crippen molar-refractivity contribution in [3.63, 3.8) is 0 Å². The maximum Gasteiger partial charge on any atom is 0.323 e. The Balaban J connectivity index is 4.48. The molecule has 0 radical (unpaired) electrons. The maximum atomic E-state index is 12.1. The van der Waals surface area contributed by atoms with Crippen LogP contribution in [-0.2, 0) is 14.3 Å². The van der Waals surface area contributed by atoms with E-state index < -0.39 is 12.1 Å². The highest BCUT2D eigenvalue weighted by Crippen LogP contribution is 2.08. The standard InChI is InChI=1S/C13H25NO4/c1-5-7-8-18-11(4)13(17)14(9-12(15)16)10(3)6-2/h10-11H,5-9H2,1-4H3,(H,15,16). The summed E-state index contributed by atoms with van der Waals surface area (Å²) in [4.78, 5) is 24.3. The fraction of sp³-hybridized carbons (Fsp3) is 0.846. The summed E-state index contributed by atoms with van der Waals surface area (Å²) in [7, 11) is 0. The molecule has 0 saturated carbocycles. The van der Waals surface area contributed by atoms with Gasteiger partial charge in [0.1, 0.15) is 12.6 Å². The van der Waals surface area contributed by atoms with Crippen LogP contribution in [0.3, 0.4) is 0 Å². The number of ether oxygens (including phenoxy) is 1. The van der Waals surface area contributed by atoms with Crippen LogP contribution in [0.4, 0.5) is 0 Å². The number of amides is 1. The van der Waals surface area contributed by atoms with Crippen molar-refractivity contribution in [1.82, 2.24) is 4.90 Å². The molecule has 5 heteroatoms. The van der Waals surface area contributed by atoms with Crippen LogP contribution in [0, 0.1) is 0 Å². The van der Waals surface area contributed by atoms with E-state index in [1.807, 2.05) is 20.8 Å². The van der Waals surface area contributed by atoms with Gasteiger partial charge in [-0.1, -0.05) is 20.3 Å². The number of rotatable bonds is 9. The highest BCUT2D eigenvalue weighted by Gasteiger charge is 2.26. The molecule has 5 nitrogen and oxygen atoms in total. The molecule has 0 aliphatic heterocycles. The zero-order valence-electron chi connectivity index (χ0n) is 11.8. The summed E-state index contributed by atoms with van der Waals surface area (Å²) in [5.74, 6) is -1.24. The lowest BCUT2D eigenvalue weighted by Crippen LogP contribution is -2.46. The number of unbranched alkanes of at least 4 members (excludes halogenated alkanes) is 1. The van der Waals surface area contributed by atoms with Crippen LogP contribution in [0.25, 0.3) is 0 Å². The van der Waals surface area contributed by atoms with Gasteiger partial charge in [-0.25, -0.2) is 0 Å². The van der Waals surface area contributed by atoms with E-state index in [0.717, 1.165) is 19.3 Å². The molecular weight excluding hydrogens is 234 g/mol. The van der Waals surface area contributed by atoms with Gasteiger partial charge >= 0.3 is 5.97 Å². The van der Waals surface area contributed by atoms with Crippen LogP contribution < -0.4 is 0 Å². The molecule has 0 aliphatic carbocycles. The molecule has 0 saturated heterocycles. The minimum Gasteiger partial charge on any atom is -0.480 e. The Morgan fingerprint density at radius 3 is 2.33 bits per heavy atom. The van der Waals surface area contributed by atoms with Crippen LogP contribution in [0.15, 0.2) is 0 Å². The average Bonchev–Trinajstić information content (AvgIpc) is 2.34. The van der Waals surface area contributed by atoms with Gasteiger partial charge in [0.2, 0.25) is 0 Å². The minimum absolute atomic E-state index is 0.0918. The van der Waals surface area contributed by atoms with Crippen molar-refractivity contribution in [2.75, 3.05) is 13.2 Å². The largest absolute Gasteiger partial charge is 0.480 e. The Morgan fingerprint density at radius 1 is 1.28 bits per heavy atom. The van der Waals surface area contributed by atoms with E-state index in [-0.39, 0.29) is 18.5 Å². The highest BCUT2D eigenvalue weighted by atomic mass is 16.5. The SMILES string of the molecule is CCCCOC(C)C(=O)N(CC(=O)O)C(C)CC. The smallest absolute Gasteiger partial charge is 0.323 e. The third kappa shape index (κ3) is 6.00. The van der Waals surface area contributed by atoms with Crippen molar-refractivity contribution >= 4 is 11.9 Å². The molecule has 2 unspecified atom stereocenters. The Hall–Kier alpha value is -1.10. The third-order valence-corrected chi connectivity index (χ3v) is 2.93. The number of carboxylic acids is 1. The first-order valence-electron chi connectivity index (χ1n) is 6.57. The van der Waals surface area contributed by atoms with Crippen molar-refractivity contribution in [2.24, 2.45) is 0 Å². The molecule has 1 N–H and O–H groups in total. The van der Waals surface area contributed by atoms with Gasteiger partial charge < -0.3 is 14.7 Å². The summed E-state index contributed by atoms with van der Waals surface area (Å²) in [6.07, 6.45) is 2.05. The Labute approximate surface area is 109 Å². The summed E-state index contributed by atoms with van der Waals surface area (Å²) < 4.78 is 5.42. The molecule has 0 aromatic heterocycles. The molecule has 0 rings (SSSR count). The molecule has 0 fully saturated rings. The van der Waals surface area contributed by atoms with E-state index in [1.54, 1.807) is 6.92 Å². The number of nitrogens with zero attached hydrogens (tertiary/aromatic N) is 1. The fourth-order valence-corrected chi connectivity index (χ4v) is 1.53. The van der Waals surface area contributed by atoms with Crippen LogP contribution in [0.5, 0.6) is 0 Å². The maximum absolute atomic E-state index is 12.1. The molecule has 1 amide bonds. The van der Waals surface area contributed by atoms with Gasteiger partial charge in [-0.15, -0.1) is 0 Å². The van der Waals surface area contributed by atoms with E-state index in [1.165, 1.54) is 4.90 Å². The van der Waals surface area contributed by atoms with E-state index in [4.69, 9.17) is 9.84 Å². The predicted molar refractivity (Wildman–Crippen MR) is 69.4 cm³/mol. The summed E-state index contributed by atoms with van der Waals surface area (Å²) >= 11 is 0. The van der Waals surface area contributed by atoms with E-state index in [9.17, 15) is 9.59 Å². The number of carbonyl (C=O) groups excluding carboxylic acids is 1. The first-order chi connectivity index (χ1) is 8.43. The molecule has 0 spiro atoms. The van der Waals surface area contributed by atoms with Gasteiger partial charge in [0.15, 0.2) is 0 Å². The summed E-state index contributed by atoms with van der Waals surface area (Å²) in [6.45, 7) is 7.76. The monoisotopic (exact) mass is 259 g/mol. The van der Waals surface area contributed by atoms with Crippen molar-refractivity contribution in [1.29, 1.82) is 0 Å².